The van der Waals surface area contributed by atoms with Crippen molar-refractivity contribution in [2.45, 2.75) is 13.0 Å². The number of likely N-dealkylation sites (N-methyl/N-ethyl adjacent to an activating group) is 1. The molecule has 152 valence electrons. The zero-order valence-corrected chi connectivity index (χ0v) is 17.4. The topological polar surface area (TPSA) is 74.4 Å². The number of halogens is 1. The van der Waals surface area contributed by atoms with Gasteiger partial charge in [-0.1, -0.05) is 23.7 Å². The lowest BCUT2D eigenvalue weighted by molar-refractivity contribution is 0.0744. The van der Waals surface area contributed by atoms with E-state index in [1.165, 1.54) is 0 Å². The Morgan fingerprint density at radius 2 is 1.90 bits per heavy atom. The highest BCUT2D eigenvalue weighted by Gasteiger charge is 2.16. The minimum Gasteiger partial charge on any atom is -0.383 e. The van der Waals surface area contributed by atoms with Crippen molar-refractivity contribution < 1.29 is 14.3 Å². The molecule has 1 atom stereocenters. The molecule has 2 amide bonds. The van der Waals surface area contributed by atoms with Gasteiger partial charge in [-0.2, -0.15) is 0 Å². The van der Waals surface area contributed by atoms with E-state index in [0.717, 1.165) is 16.5 Å². The predicted molar refractivity (Wildman–Crippen MR) is 114 cm³/mol. The molecule has 0 aliphatic rings. The highest BCUT2D eigenvalue weighted by Crippen LogP contribution is 2.21. The van der Waals surface area contributed by atoms with Crippen LogP contribution in [0.4, 0.5) is 0 Å². The number of hydrogen-bond donors (Lipinski definition) is 2. The molecule has 1 heterocycles. The summed E-state index contributed by atoms with van der Waals surface area (Å²) < 4.78 is 5.00. The number of nitrogens with zero attached hydrogens (tertiary/aromatic N) is 1. The molecule has 3 rings (SSSR count). The molecule has 0 fully saturated rings. The molecule has 0 spiro atoms. The zero-order chi connectivity index (χ0) is 21.0. The molecule has 0 saturated heterocycles. The Labute approximate surface area is 174 Å². The van der Waals surface area contributed by atoms with Crippen molar-refractivity contribution in [3.8, 4) is 0 Å². The van der Waals surface area contributed by atoms with Crippen LogP contribution in [0.1, 0.15) is 39.4 Å². The Balaban J connectivity index is 1.65. The smallest absolute Gasteiger partial charge is 0.268 e. The Morgan fingerprint density at radius 3 is 2.59 bits per heavy atom. The first kappa shape index (κ1) is 20.9. The van der Waals surface area contributed by atoms with Crippen molar-refractivity contribution >= 4 is 34.3 Å². The van der Waals surface area contributed by atoms with Gasteiger partial charge < -0.3 is 19.9 Å². The molecular formula is C22H24ClN3O3. The van der Waals surface area contributed by atoms with Crippen molar-refractivity contribution in [3.05, 3.63) is 70.4 Å². The molecule has 1 aromatic heterocycles. The molecule has 3 aromatic rings. The Morgan fingerprint density at radius 1 is 1.17 bits per heavy atom. The summed E-state index contributed by atoms with van der Waals surface area (Å²) in [6.07, 6.45) is 0. The van der Waals surface area contributed by atoms with Crippen LogP contribution in [-0.2, 0) is 4.74 Å². The number of amides is 2. The van der Waals surface area contributed by atoms with Crippen molar-refractivity contribution in [1.82, 2.24) is 15.2 Å². The van der Waals surface area contributed by atoms with E-state index in [2.05, 4.69) is 10.3 Å². The van der Waals surface area contributed by atoms with Crippen LogP contribution in [0.15, 0.2) is 48.5 Å². The number of fused-ring (bicyclic) bond motifs is 1. The molecule has 0 radical (unpaired) electrons. The van der Waals surface area contributed by atoms with E-state index in [1.807, 2.05) is 31.2 Å². The first-order valence-electron chi connectivity index (χ1n) is 9.32. The van der Waals surface area contributed by atoms with Gasteiger partial charge >= 0.3 is 0 Å². The number of nitrogens with one attached hydrogen (secondary N) is 2. The largest absolute Gasteiger partial charge is 0.383 e. The molecule has 0 saturated carbocycles. The lowest BCUT2D eigenvalue weighted by atomic mass is 10.1. The summed E-state index contributed by atoms with van der Waals surface area (Å²) >= 11 is 6.00. The summed E-state index contributed by atoms with van der Waals surface area (Å²) in [7, 11) is 3.35. The molecule has 0 aliphatic carbocycles. The predicted octanol–water partition coefficient (Wildman–Crippen LogP) is 4.03. The van der Waals surface area contributed by atoms with E-state index < -0.39 is 0 Å². The quantitative estimate of drug-likeness (QED) is 0.614. The summed E-state index contributed by atoms with van der Waals surface area (Å²) in [4.78, 5) is 29.7. The minimum absolute atomic E-state index is 0.0676. The van der Waals surface area contributed by atoms with E-state index in [0.29, 0.717) is 29.4 Å². The van der Waals surface area contributed by atoms with Gasteiger partial charge in [0.05, 0.1) is 12.6 Å². The van der Waals surface area contributed by atoms with Gasteiger partial charge in [0.1, 0.15) is 5.69 Å². The third kappa shape index (κ3) is 4.96. The lowest BCUT2D eigenvalue weighted by Crippen LogP contribution is -2.30. The third-order valence-electron chi connectivity index (χ3n) is 4.81. The summed E-state index contributed by atoms with van der Waals surface area (Å²) in [5, 5.41) is 4.48. The van der Waals surface area contributed by atoms with Crippen LogP contribution < -0.4 is 5.32 Å². The number of rotatable bonds is 7. The number of carbonyl (C=O) groups excluding carboxylic acids is 2. The van der Waals surface area contributed by atoms with Crippen LogP contribution in [0, 0.1) is 0 Å². The molecule has 7 heteroatoms. The second-order valence-electron chi connectivity index (χ2n) is 6.95. The standard InChI is InChI=1S/C22H24ClN3O3/c1-14(15-4-6-16(7-5-15)22(28)26(2)10-11-29-3)24-21(27)20-13-17-12-18(23)8-9-19(17)25-20/h4-9,12-14,25H,10-11H2,1-3H3,(H,24,27). The van der Waals surface area contributed by atoms with Gasteiger partial charge in [-0.15, -0.1) is 0 Å². The average Bonchev–Trinajstić information content (AvgIpc) is 3.14. The van der Waals surface area contributed by atoms with Gasteiger partial charge in [-0.25, -0.2) is 0 Å². The number of H-pyrrole nitrogens is 1. The Hall–Kier alpha value is -2.83. The van der Waals surface area contributed by atoms with Gasteiger partial charge in [0.25, 0.3) is 11.8 Å². The van der Waals surface area contributed by atoms with Crippen molar-refractivity contribution in [3.63, 3.8) is 0 Å². The van der Waals surface area contributed by atoms with Crippen LogP contribution in [-0.4, -0.2) is 49.0 Å². The molecule has 2 N–H and O–H groups in total. The number of aromatic amines is 1. The number of aromatic nitrogens is 1. The first-order valence-corrected chi connectivity index (χ1v) is 9.70. The Bertz CT molecular complexity index is 1010. The van der Waals surface area contributed by atoms with E-state index in [4.69, 9.17) is 16.3 Å². The SMILES string of the molecule is COCCN(C)C(=O)c1ccc(C(C)NC(=O)c2cc3cc(Cl)ccc3[nH]2)cc1. The van der Waals surface area contributed by atoms with E-state index >= 15 is 0 Å². The maximum atomic E-state index is 12.6. The normalized spacial score (nSPS) is 12.0. The summed E-state index contributed by atoms with van der Waals surface area (Å²) in [6, 6.07) is 14.3. The van der Waals surface area contributed by atoms with Crippen LogP contribution in [0.2, 0.25) is 5.02 Å². The molecule has 0 aliphatic heterocycles. The number of hydrogen-bond acceptors (Lipinski definition) is 3. The van der Waals surface area contributed by atoms with Gasteiger partial charge in [-0.3, -0.25) is 9.59 Å². The van der Waals surface area contributed by atoms with Crippen LogP contribution >= 0.6 is 11.6 Å². The average molecular weight is 414 g/mol. The molecule has 1 unspecified atom stereocenters. The van der Waals surface area contributed by atoms with Crippen molar-refractivity contribution in [2.75, 3.05) is 27.3 Å². The maximum Gasteiger partial charge on any atom is 0.268 e. The summed E-state index contributed by atoms with van der Waals surface area (Å²) in [5.41, 5.74) is 2.83. The number of methoxy groups -OCH3 is 1. The molecular weight excluding hydrogens is 390 g/mol. The lowest BCUT2D eigenvalue weighted by Gasteiger charge is -2.18. The fourth-order valence-electron chi connectivity index (χ4n) is 3.05. The summed E-state index contributed by atoms with van der Waals surface area (Å²) in [6.45, 7) is 2.92. The first-order chi connectivity index (χ1) is 13.9. The van der Waals surface area contributed by atoms with Crippen LogP contribution in [0.25, 0.3) is 10.9 Å². The van der Waals surface area contributed by atoms with Gasteiger partial charge in [-0.05, 0) is 48.9 Å². The second kappa shape index (κ2) is 9.11. The van der Waals surface area contributed by atoms with Gasteiger partial charge in [0, 0.05) is 42.2 Å². The molecule has 29 heavy (non-hydrogen) atoms. The molecule has 6 nitrogen and oxygen atoms in total. The van der Waals surface area contributed by atoms with Gasteiger partial charge in [0.2, 0.25) is 0 Å². The fraction of sp³-hybridized carbons (Fsp3) is 0.273. The second-order valence-corrected chi connectivity index (χ2v) is 7.39. The highest BCUT2D eigenvalue weighted by atomic mass is 35.5. The van der Waals surface area contributed by atoms with Gasteiger partial charge in [0.15, 0.2) is 0 Å². The Kier molecular flexibility index (Phi) is 6.56. The van der Waals surface area contributed by atoms with E-state index in [9.17, 15) is 9.59 Å². The van der Waals surface area contributed by atoms with Crippen LogP contribution in [0.3, 0.4) is 0 Å². The van der Waals surface area contributed by atoms with Crippen LogP contribution in [0.5, 0.6) is 0 Å². The number of ether oxygens (including phenoxy) is 1. The van der Waals surface area contributed by atoms with Crippen molar-refractivity contribution in [2.24, 2.45) is 0 Å². The van der Waals surface area contributed by atoms with Crippen molar-refractivity contribution in [1.29, 1.82) is 0 Å². The number of carbonyl (C=O) groups is 2. The molecule has 2 aromatic carbocycles. The zero-order valence-electron chi connectivity index (χ0n) is 16.7. The monoisotopic (exact) mass is 413 g/mol. The molecule has 0 bridgehead atoms. The van der Waals surface area contributed by atoms with E-state index in [-0.39, 0.29) is 17.9 Å². The third-order valence-corrected chi connectivity index (χ3v) is 5.05. The number of benzene rings is 2. The summed E-state index contributed by atoms with van der Waals surface area (Å²) in [5.74, 6) is -0.272. The van der Waals surface area contributed by atoms with E-state index in [1.54, 1.807) is 43.3 Å². The highest BCUT2D eigenvalue weighted by molar-refractivity contribution is 6.31. The minimum atomic E-state index is -0.215. The fourth-order valence-corrected chi connectivity index (χ4v) is 3.23. The maximum absolute atomic E-state index is 12.6.